The molecule has 0 spiro atoms. The molecule has 7 atom stereocenters. The van der Waals surface area contributed by atoms with Crippen LogP contribution in [0.2, 0.25) is 0 Å². The third-order valence-corrected chi connectivity index (χ3v) is 7.43. The first-order valence-corrected chi connectivity index (χ1v) is 15.9. The summed E-state index contributed by atoms with van der Waals surface area (Å²) in [4.78, 5) is 78.9. The minimum Gasteiger partial charge on any atom is -0.458 e. The molecule has 2 aliphatic rings. The van der Waals surface area contributed by atoms with E-state index in [1.807, 2.05) is 0 Å². The Labute approximate surface area is 272 Å². The Kier molecular flexibility index (Phi) is 12.8. The summed E-state index contributed by atoms with van der Waals surface area (Å²) in [6.07, 6.45) is -0.611. The molecule has 0 aliphatic carbocycles. The van der Waals surface area contributed by atoms with E-state index in [-0.39, 0.29) is 25.2 Å². The summed E-state index contributed by atoms with van der Waals surface area (Å²) in [5.74, 6) is -3.69. The van der Waals surface area contributed by atoms with Gasteiger partial charge in [0.15, 0.2) is 5.79 Å². The van der Waals surface area contributed by atoms with Gasteiger partial charge in [-0.3, -0.25) is 19.3 Å². The zero-order valence-electron chi connectivity index (χ0n) is 29.3. The number of carbonyl (C=O) groups excluding carboxylic acids is 6. The number of esters is 1. The van der Waals surface area contributed by atoms with Gasteiger partial charge in [-0.05, 0) is 88.0 Å². The van der Waals surface area contributed by atoms with Crippen LogP contribution in [0.3, 0.4) is 0 Å². The molecule has 2 fully saturated rings. The summed E-state index contributed by atoms with van der Waals surface area (Å²) in [5, 5.41) is 8.17. The van der Waals surface area contributed by atoms with Crippen LogP contribution in [0.1, 0.15) is 102 Å². The van der Waals surface area contributed by atoms with E-state index in [0.29, 0.717) is 0 Å². The third-order valence-electron chi connectivity index (χ3n) is 7.43. The van der Waals surface area contributed by atoms with Gasteiger partial charge in [-0.1, -0.05) is 13.8 Å². The Balaban J connectivity index is 2.35. The van der Waals surface area contributed by atoms with Gasteiger partial charge >= 0.3 is 12.1 Å². The maximum Gasteiger partial charge on any atom is 0.411 e. The highest BCUT2D eigenvalue weighted by molar-refractivity contribution is 5.96. The molecular formula is C32H54N4O10. The Hall–Kier alpha value is -3.26. The number of nitrogens with one attached hydrogen (secondary N) is 3. The molecular weight excluding hydrogens is 600 g/mol. The molecule has 0 radical (unpaired) electrons. The number of piperazine rings is 1. The number of aldehydes is 1. The van der Waals surface area contributed by atoms with Crippen molar-refractivity contribution in [1.82, 2.24) is 20.9 Å². The molecule has 0 aromatic rings. The van der Waals surface area contributed by atoms with Crippen LogP contribution in [0.15, 0.2) is 0 Å². The van der Waals surface area contributed by atoms with E-state index in [0.717, 1.165) is 11.2 Å². The van der Waals surface area contributed by atoms with Crippen LogP contribution in [0, 0.1) is 5.92 Å². The van der Waals surface area contributed by atoms with Gasteiger partial charge in [0.25, 0.3) is 0 Å². The summed E-state index contributed by atoms with van der Waals surface area (Å²) in [6, 6.07) is -5.35. The van der Waals surface area contributed by atoms with Gasteiger partial charge in [0, 0.05) is 6.42 Å². The molecule has 46 heavy (non-hydrogen) atoms. The molecule has 14 nitrogen and oxygen atoms in total. The monoisotopic (exact) mass is 654 g/mol. The standard InChI is InChI=1S/C32H54N4O10/c1-17(2)23(28(41)45-30(5,6)7)35-25(38)18(3)33-27(40)24-20(13-14-21-22(15-16-37)44-32(11,12)43-21)34-26(39)19(4)36(24)29(42)46-31(8,9)10/h16-24H,13-15H2,1-12H3,(H,33,40)(H,34,39)(H,35,38)/t18-,19-,20-,21+,22-,23-,24-/m0/s1. The number of ether oxygens (including phenoxy) is 4. The van der Waals surface area contributed by atoms with Crippen molar-refractivity contribution in [3.8, 4) is 0 Å². The molecule has 2 aliphatic heterocycles. The Bertz CT molecular complexity index is 1140. The largest absolute Gasteiger partial charge is 0.458 e. The highest BCUT2D eigenvalue weighted by Gasteiger charge is 2.49. The van der Waals surface area contributed by atoms with Crippen molar-refractivity contribution in [2.45, 2.75) is 162 Å². The fourth-order valence-electron chi connectivity index (χ4n) is 5.37. The molecule has 4 amide bonds. The predicted molar refractivity (Wildman–Crippen MR) is 167 cm³/mol. The fraction of sp³-hybridized carbons (Fsp3) is 0.812. The molecule has 3 N–H and O–H groups in total. The van der Waals surface area contributed by atoms with E-state index in [2.05, 4.69) is 16.0 Å². The van der Waals surface area contributed by atoms with Crippen molar-refractivity contribution in [1.29, 1.82) is 0 Å². The van der Waals surface area contributed by atoms with Crippen molar-refractivity contribution >= 4 is 36.1 Å². The lowest BCUT2D eigenvalue weighted by Crippen LogP contribution is -2.71. The number of rotatable bonds is 11. The summed E-state index contributed by atoms with van der Waals surface area (Å²) in [5.41, 5.74) is -1.69. The van der Waals surface area contributed by atoms with Crippen molar-refractivity contribution in [3.05, 3.63) is 0 Å². The molecule has 0 aromatic carbocycles. The third kappa shape index (κ3) is 10.9. The second-order valence-corrected chi connectivity index (χ2v) is 14.8. The molecule has 0 unspecified atom stereocenters. The second-order valence-electron chi connectivity index (χ2n) is 14.8. The number of amides is 4. The zero-order chi connectivity index (χ0) is 35.4. The summed E-state index contributed by atoms with van der Waals surface area (Å²) in [6.45, 7) is 20.1. The normalized spacial score (nSPS) is 26.1. The van der Waals surface area contributed by atoms with Crippen molar-refractivity contribution in [2.24, 2.45) is 5.92 Å². The van der Waals surface area contributed by atoms with Gasteiger partial charge in [-0.15, -0.1) is 0 Å². The smallest absolute Gasteiger partial charge is 0.411 e. The quantitative estimate of drug-likeness (QED) is 0.221. The molecule has 2 rings (SSSR count). The first kappa shape index (κ1) is 38.9. The molecule has 0 bridgehead atoms. The van der Waals surface area contributed by atoms with Crippen LogP contribution in [-0.4, -0.2) is 100 Å². The average Bonchev–Trinajstić information content (AvgIpc) is 3.17. The van der Waals surface area contributed by atoms with Gasteiger partial charge in [-0.25, -0.2) is 9.59 Å². The van der Waals surface area contributed by atoms with Gasteiger partial charge in [0.05, 0.1) is 18.2 Å². The molecule has 262 valence electrons. The first-order valence-electron chi connectivity index (χ1n) is 15.9. The van der Waals surface area contributed by atoms with E-state index >= 15 is 0 Å². The molecule has 2 heterocycles. The maximum absolute atomic E-state index is 14.0. The number of hydrogen-bond acceptors (Lipinski definition) is 10. The van der Waals surface area contributed by atoms with Gasteiger partial charge in [0.2, 0.25) is 17.7 Å². The molecule has 14 heteroatoms. The number of carbonyl (C=O) groups is 6. The van der Waals surface area contributed by atoms with E-state index in [9.17, 15) is 28.8 Å². The van der Waals surface area contributed by atoms with Gasteiger partial charge in [-0.2, -0.15) is 0 Å². The second kappa shape index (κ2) is 15.1. The van der Waals surface area contributed by atoms with Gasteiger partial charge < -0.3 is 39.7 Å². The van der Waals surface area contributed by atoms with Crippen LogP contribution in [0.25, 0.3) is 0 Å². The molecule has 0 saturated carbocycles. The Morgan fingerprint density at radius 1 is 0.957 bits per heavy atom. The fourth-order valence-corrected chi connectivity index (χ4v) is 5.37. The average molecular weight is 655 g/mol. The molecule has 0 aromatic heterocycles. The van der Waals surface area contributed by atoms with E-state index in [4.69, 9.17) is 18.9 Å². The summed E-state index contributed by atoms with van der Waals surface area (Å²) >= 11 is 0. The minimum atomic E-state index is -1.27. The lowest BCUT2D eigenvalue weighted by Gasteiger charge is -2.44. The molecule has 2 saturated heterocycles. The van der Waals surface area contributed by atoms with E-state index in [1.165, 1.54) is 13.8 Å². The Morgan fingerprint density at radius 2 is 1.52 bits per heavy atom. The van der Waals surface area contributed by atoms with Gasteiger partial charge in [0.1, 0.15) is 41.7 Å². The number of hydrogen-bond donors (Lipinski definition) is 3. The zero-order valence-corrected chi connectivity index (χ0v) is 29.3. The summed E-state index contributed by atoms with van der Waals surface area (Å²) < 4.78 is 22.9. The first-order chi connectivity index (χ1) is 21.0. The van der Waals surface area contributed by atoms with E-state index in [1.54, 1.807) is 69.2 Å². The van der Waals surface area contributed by atoms with Crippen LogP contribution in [0.5, 0.6) is 0 Å². The summed E-state index contributed by atoms with van der Waals surface area (Å²) in [7, 11) is 0. The SMILES string of the molecule is CC(C)[C@H](NC(=O)[C@H](C)NC(=O)[C@@H]1[C@H](CC[C@H]2OC(C)(C)O[C@H]2CC=O)NC(=O)[C@H](C)N1C(=O)OC(C)(C)C)C(=O)OC(C)(C)C. The van der Waals surface area contributed by atoms with Crippen LogP contribution < -0.4 is 16.0 Å². The van der Waals surface area contributed by atoms with Crippen LogP contribution in [0.4, 0.5) is 4.79 Å². The predicted octanol–water partition coefficient (Wildman–Crippen LogP) is 2.36. The van der Waals surface area contributed by atoms with Crippen LogP contribution in [-0.2, 0) is 42.9 Å². The number of nitrogens with zero attached hydrogens (tertiary/aromatic N) is 1. The lowest BCUT2D eigenvalue weighted by atomic mass is 9.92. The van der Waals surface area contributed by atoms with Crippen molar-refractivity contribution in [2.75, 3.05) is 0 Å². The topological polar surface area (TPSA) is 179 Å². The highest BCUT2D eigenvalue weighted by atomic mass is 16.7. The van der Waals surface area contributed by atoms with Crippen LogP contribution >= 0.6 is 0 Å². The van der Waals surface area contributed by atoms with Crippen molar-refractivity contribution < 1.29 is 47.7 Å². The Morgan fingerprint density at radius 3 is 2.04 bits per heavy atom. The highest BCUT2D eigenvalue weighted by Crippen LogP contribution is 2.33. The van der Waals surface area contributed by atoms with E-state index < -0.39 is 89.2 Å². The van der Waals surface area contributed by atoms with Crippen molar-refractivity contribution in [3.63, 3.8) is 0 Å². The minimum absolute atomic E-state index is 0.101. The lowest BCUT2D eigenvalue weighted by molar-refractivity contribution is -0.160. The maximum atomic E-state index is 14.0.